The number of imidazole rings is 1. The molecule has 2 aromatic heterocycles. The van der Waals surface area contributed by atoms with Gasteiger partial charge in [0.1, 0.15) is 18.1 Å². The number of carboxylic acids is 1. The zero-order valence-corrected chi connectivity index (χ0v) is 23.6. The van der Waals surface area contributed by atoms with Gasteiger partial charge in [-0.05, 0) is 36.0 Å². The Morgan fingerprint density at radius 3 is 2.38 bits per heavy atom. The van der Waals surface area contributed by atoms with Crippen LogP contribution in [-0.4, -0.2) is 79.9 Å². The Morgan fingerprint density at radius 1 is 1.00 bits per heavy atom. The molecule has 0 fully saturated rings. The zero-order valence-electron chi connectivity index (χ0n) is 22.8. The van der Waals surface area contributed by atoms with Gasteiger partial charge < -0.3 is 36.8 Å². The van der Waals surface area contributed by atoms with E-state index in [4.69, 9.17) is 5.73 Å². The molecular formula is C27H37N7O5S. The van der Waals surface area contributed by atoms with Gasteiger partial charge in [0.25, 0.3) is 0 Å². The molecule has 0 radical (unpaired) electrons. The number of nitrogens with one attached hydrogen (secondary N) is 5. The summed E-state index contributed by atoms with van der Waals surface area (Å²) in [7, 11) is 0. The summed E-state index contributed by atoms with van der Waals surface area (Å²) in [6, 6.07) is 3.42. The maximum Gasteiger partial charge on any atom is 0.326 e. The fourth-order valence-corrected chi connectivity index (χ4v) is 4.75. The predicted molar refractivity (Wildman–Crippen MR) is 154 cm³/mol. The number of carbonyl (C=O) groups excluding carboxylic acids is 3. The molecular weight excluding hydrogens is 534 g/mol. The Bertz CT molecular complexity index is 1290. The number of para-hydroxylation sites is 1. The smallest absolute Gasteiger partial charge is 0.326 e. The SMILES string of the molecule is CSCCC(NC(=O)C(N)Cc1cnc[nH]1)C(=O)NC(C(=O)NC(Cc1c[nH]c2ccccc12)C(=O)O)C(C)C. The van der Waals surface area contributed by atoms with E-state index in [0.717, 1.165) is 16.5 Å². The number of benzene rings is 1. The maximum absolute atomic E-state index is 13.3. The minimum atomic E-state index is -1.21. The highest BCUT2D eigenvalue weighted by atomic mass is 32.2. The molecule has 3 amide bonds. The van der Waals surface area contributed by atoms with Crippen LogP contribution in [0, 0.1) is 5.92 Å². The number of nitrogens with two attached hydrogens (primary N) is 1. The largest absolute Gasteiger partial charge is 0.480 e. The molecule has 0 bridgehead atoms. The highest BCUT2D eigenvalue weighted by Gasteiger charge is 2.32. The van der Waals surface area contributed by atoms with Gasteiger partial charge in [-0.15, -0.1) is 0 Å². The molecule has 12 nitrogen and oxygen atoms in total. The van der Waals surface area contributed by atoms with Crippen molar-refractivity contribution in [2.75, 3.05) is 12.0 Å². The lowest BCUT2D eigenvalue weighted by Crippen LogP contribution is -2.58. The first kappa shape index (κ1) is 30.7. The van der Waals surface area contributed by atoms with E-state index < -0.39 is 47.9 Å². The van der Waals surface area contributed by atoms with Crippen LogP contribution < -0.4 is 21.7 Å². The number of aliphatic carboxylic acids is 1. The van der Waals surface area contributed by atoms with Crippen LogP contribution in [0.15, 0.2) is 43.0 Å². The molecule has 8 N–H and O–H groups in total. The van der Waals surface area contributed by atoms with Crippen LogP contribution in [0.1, 0.15) is 31.5 Å². The van der Waals surface area contributed by atoms with Gasteiger partial charge in [0.15, 0.2) is 0 Å². The third-order valence-corrected chi connectivity index (χ3v) is 7.18. The minimum absolute atomic E-state index is 0.0600. The number of fused-ring (bicyclic) bond motifs is 1. The van der Waals surface area contributed by atoms with E-state index in [1.807, 2.05) is 30.5 Å². The van der Waals surface area contributed by atoms with Crippen LogP contribution in [0.3, 0.4) is 0 Å². The van der Waals surface area contributed by atoms with Crippen molar-refractivity contribution in [3.8, 4) is 0 Å². The Hall–Kier alpha value is -3.84. The molecule has 4 atom stereocenters. The second kappa shape index (κ2) is 14.5. The average molecular weight is 572 g/mol. The number of rotatable bonds is 15. The molecule has 0 spiro atoms. The average Bonchev–Trinajstić information content (AvgIpc) is 3.58. The van der Waals surface area contributed by atoms with Crippen LogP contribution in [-0.2, 0) is 32.0 Å². The first-order valence-electron chi connectivity index (χ1n) is 13.0. The van der Waals surface area contributed by atoms with Crippen LogP contribution in [0.5, 0.6) is 0 Å². The lowest BCUT2D eigenvalue weighted by Gasteiger charge is -2.27. The number of aromatic nitrogens is 3. The Kier molecular flexibility index (Phi) is 11.1. The van der Waals surface area contributed by atoms with Crippen molar-refractivity contribution in [3.63, 3.8) is 0 Å². The third-order valence-electron chi connectivity index (χ3n) is 6.54. The molecule has 13 heteroatoms. The van der Waals surface area contributed by atoms with Crippen LogP contribution in [0.2, 0.25) is 0 Å². The van der Waals surface area contributed by atoms with E-state index in [9.17, 15) is 24.3 Å². The first-order valence-corrected chi connectivity index (χ1v) is 14.4. The molecule has 1 aromatic carbocycles. The summed E-state index contributed by atoms with van der Waals surface area (Å²) in [5.74, 6) is -2.64. The number of aromatic amines is 2. The molecule has 0 aliphatic rings. The first-order chi connectivity index (χ1) is 19.1. The summed E-state index contributed by atoms with van der Waals surface area (Å²) in [5.41, 5.74) is 8.34. The van der Waals surface area contributed by atoms with Gasteiger partial charge in [0.05, 0.1) is 12.4 Å². The lowest BCUT2D eigenvalue weighted by molar-refractivity contribution is -0.142. The van der Waals surface area contributed by atoms with Crippen molar-refractivity contribution in [1.82, 2.24) is 30.9 Å². The van der Waals surface area contributed by atoms with Crippen molar-refractivity contribution in [3.05, 3.63) is 54.2 Å². The van der Waals surface area contributed by atoms with E-state index in [1.54, 1.807) is 26.2 Å². The van der Waals surface area contributed by atoms with E-state index in [0.29, 0.717) is 17.9 Å². The van der Waals surface area contributed by atoms with Crippen molar-refractivity contribution in [2.24, 2.45) is 11.7 Å². The number of hydrogen-bond acceptors (Lipinski definition) is 7. The Labute approximate surface area is 236 Å². The summed E-state index contributed by atoms with van der Waals surface area (Å²) in [4.78, 5) is 61.2. The third kappa shape index (κ3) is 8.33. The van der Waals surface area contributed by atoms with Gasteiger partial charge in [0.2, 0.25) is 17.7 Å². The summed E-state index contributed by atoms with van der Waals surface area (Å²) in [6.07, 6.45) is 7.26. The summed E-state index contributed by atoms with van der Waals surface area (Å²) in [6.45, 7) is 3.49. The van der Waals surface area contributed by atoms with Crippen molar-refractivity contribution in [1.29, 1.82) is 0 Å². The molecule has 0 saturated heterocycles. The van der Waals surface area contributed by atoms with Crippen LogP contribution in [0.4, 0.5) is 0 Å². The van der Waals surface area contributed by atoms with Crippen molar-refractivity contribution < 1.29 is 24.3 Å². The highest BCUT2D eigenvalue weighted by Crippen LogP contribution is 2.19. The quantitative estimate of drug-likeness (QED) is 0.140. The monoisotopic (exact) mass is 571 g/mol. The van der Waals surface area contributed by atoms with Gasteiger partial charge in [-0.1, -0.05) is 32.0 Å². The molecule has 40 heavy (non-hydrogen) atoms. The molecule has 0 aliphatic heterocycles. The summed E-state index contributed by atoms with van der Waals surface area (Å²) >= 11 is 1.51. The zero-order chi connectivity index (χ0) is 29.2. The second-order valence-electron chi connectivity index (χ2n) is 9.92. The van der Waals surface area contributed by atoms with Gasteiger partial charge in [-0.3, -0.25) is 14.4 Å². The highest BCUT2D eigenvalue weighted by molar-refractivity contribution is 7.98. The fraction of sp³-hybridized carbons (Fsp3) is 0.444. The van der Waals surface area contributed by atoms with Gasteiger partial charge in [-0.2, -0.15) is 11.8 Å². The fourth-order valence-electron chi connectivity index (χ4n) is 4.28. The molecule has 3 aromatic rings. The molecule has 2 heterocycles. The number of thioether (sulfide) groups is 1. The van der Waals surface area contributed by atoms with E-state index in [2.05, 4.69) is 30.9 Å². The number of carbonyl (C=O) groups is 4. The summed E-state index contributed by atoms with van der Waals surface area (Å²) < 4.78 is 0. The van der Waals surface area contributed by atoms with Gasteiger partial charge in [0, 0.05) is 41.8 Å². The van der Waals surface area contributed by atoms with E-state index >= 15 is 0 Å². The Balaban J connectivity index is 1.68. The lowest BCUT2D eigenvalue weighted by atomic mass is 10.0. The minimum Gasteiger partial charge on any atom is -0.480 e. The van der Waals surface area contributed by atoms with E-state index in [-0.39, 0.29) is 18.8 Å². The second-order valence-corrected chi connectivity index (χ2v) is 10.9. The van der Waals surface area contributed by atoms with Gasteiger partial charge in [-0.25, -0.2) is 9.78 Å². The van der Waals surface area contributed by atoms with Gasteiger partial charge >= 0.3 is 5.97 Å². The molecule has 3 rings (SSSR count). The number of nitrogens with zero attached hydrogens (tertiary/aromatic N) is 1. The van der Waals surface area contributed by atoms with Crippen LogP contribution in [0.25, 0.3) is 10.9 Å². The number of hydrogen-bond donors (Lipinski definition) is 7. The topological polar surface area (TPSA) is 195 Å². The molecule has 0 saturated carbocycles. The van der Waals surface area contributed by atoms with Crippen LogP contribution >= 0.6 is 11.8 Å². The normalized spacial score (nSPS) is 14.3. The number of amides is 3. The molecule has 216 valence electrons. The van der Waals surface area contributed by atoms with Crippen molar-refractivity contribution >= 4 is 46.4 Å². The Morgan fingerprint density at radius 2 is 1.73 bits per heavy atom. The van der Waals surface area contributed by atoms with E-state index in [1.165, 1.54) is 18.1 Å². The maximum atomic E-state index is 13.3. The predicted octanol–water partition coefficient (Wildman–Crippen LogP) is 0.952. The van der Waals surface area contributed by atoms with Crippen molar-refractivity contribution in [2.45, 2.75) is 57.3 Å². The molecule has 0 aliphatic carbocycles. The standard InChI is InChI=1S/C27H37N7O5S/c1-15(2)23(26(37)33-22(27(38)39)10-16-12-30-20-7-5-4-6-18(16)20)34-25(36)21(8-9-40-3)32-24(35)19(28)11-17-13-29-14-31-17/h4-7,12-15,19,21-23,30H,8-11,28H2,1-3H3,(H,29,31)(H,32,35)(H,33,37)(H,34,36)(H,38,39). The number of carboxylic acid groups (broad SMARTS) is 1. The number of H-pyrrole nitrogens is 2. The summed E-state index contributed by atoms with van der Waals surface area (Å²) in [5, 5.41) is 18.7. The molecule has 4 unspecified atom stereocenters.